The lowest BCUT2D eigenvalue weighted by Crippen LogP contribution is -2.63. The van der Waals surface area contributed by atoms with Crippen LogP contribution in [0.15, 0.2) is 437 Å². The van der Waals surface area contributed by atoms with E-state index in [0.29, 0.717) is 0 Å². The van der Waals surface area contributed by atoms with Crippen molar-refractivity contribution in [3.05, 3.63) is 481 Å². The van der Waals surface area contributed by atoms with Gasteiger partial charge in [0.05, 0.1) is 22.1 Å². The van der Waals surface area contributed by atoms with E-state index in [-0.39, 0.29) is 48.5 Å². The molecule has 8 heteroatoms. The molecular formula is C132H96B4N4. The van der Waals surface area contributed by atoms with Gasteiger partial charge in [-0.15, -0.1) is 0 Å². The van der Waals surface area contributed by atoms with Crippen molar-refractivity contribution in [2.75, 3.05) is 0 Å². The summed E-state index contributed by atoms with van der Waals surface area (Å²) >= 11 is 0. The zero-order valence-corrected chi connectivity index (χ0v) is 79.7. The third-order valence-corrected chi connectivity index (χ3v) is 33.9. The standard InChI is InChI=1S/4C33H24BN/c1-33(2)25-16-10-20-29-31(25)34(26-17-8-14-22(30(26)33)21-11-4-3-5-12-21)27-18-9-15-24-23-13-6-7-19-28(23)35(29)32(24)27;1-33(2)25-16-8-14-22(21-11-4-3-5-12-21)30(25)34-27-18-9-15-24-23-13-6-7-19-28(23)35(32(24)27)29-20-10-17-26(33)31(29)34;1-33(2)25-19-18-22(21-10-4-3-5-11-21)20-28(25)34-27-15-8-13-24-23-12-6-7-16-29(23)35(32(24)27)30-17-9-14-26(33)31(30)34;1-33(2)25-14-9-17-30-31(25)34(27-19-18-22(20-26(27)33)21-10-4-3-5-11-21)28-15-8-13-24-23-12-6-7-16-29(23)35(30)32(24)28/h4*3-20H,1-2H3. The van der Waals surface area contributed by atoms with Crippen molar-refractivity contribution in [1.82, 2.24) is 18.3 Å². The number of aromatic nitrogens is 4. The largest absolute Gasteiger partial charge is 0.310 e. The Morgan fingerprint density at radius 1 is 0.164 bits per heavy atom. The first-order valence-corrected chi connectivity index (χ1v) is 50.0. The second-order valence-corrected chi connectivity index (χ2v) is 42.2. The molecular weight excluding hydrogens is 1680 g/mol. The van der Waals surface area contributed by atoms with Gasteiger partial charge in [-0.3, -0.25) is 0 Å². The van der Waals surface area contributed by atoms with Crippen molar-refractivity contribution < 1.29 is 0 Å². The fourth-order valence-corrected chi connectivity index (χ4v) is 28.0. The maximum Gasteiger partial charge on any atom is 0.248 e. The van der Waals surface area contributed by atoms with Crippen LogP contribution in [-0.2, 0) is 21.7 Å². The van der Waals surface area contributed by atoms with Crippen molar-refractivity contribution >= 4 is 180 Å². The lowest BCUT2D eigenvalue weighted by molar-refractivity contribution is 0.645. The number of hydrogen-bond donors (Lipinski definition) is 0. The van der Waals surface area contributed by atoms with E-state index in [9.17, 15) is 0 Å². The van der Waals surface area contributed by atoms with Crippen LogP contribution < -0.4 is 65.6 Å². The molecule has 8 aliphatic rings. The fourth-order valence-electron chi connectivity index (χ4n) is 28.0. The van der Waals surface area contributed by atoms with Gasteiger partial charge in [0, 0.05) is 110 Å². The Kier molecular flexibility index (Phi) is 17.2. The molecule has 24 aromatic rings. The minimum atomic E-state index is -0.113. The van der Waals surface area contributed by atoms with Crippen LogP contribution in [0.4, 0.5) is 0 Å². The molecule has 0 fully saturated rings. The van der Waals surface area contributed by atoms with Gasteiger partial charge in [0.1, 0.15) is 0 Å². The molecule has 20 aromatic carbocycles. The van der Waals surface area contributed by atoms with E-state index in [2.05, 4.69) is 510 Å². The van der Waals surface area contributed by atoms with Gasteiger partial charge >= 0.3 is 0 Å². The van der Waals surface area contributed by atoms with Crippen LogP contribution in [0.5, 0.6) is 0 Å². The molecule has 0 N–H and O–H groups in total. The quantitative estimate of drug-likeness (QED) is 0.157. The Morgan fingerprint density at radius 3 is 0.879 bits per heavy atom. The van der Waals surface area contributed by atoms with E-state index in [1.807, 2.05) is 0 Å². The van der Waals surface area contributed by atoms with Crippen molar-refractivity contribution in [2.24, 2.45) is 0 Å². The van der Waals surface area contributed by atoms with Crippen LogP contribution in [0.3, 0.4) is 0 Å². The Labute approximate surface area is 817 Å². The molecule has 0 spiro atoms. The molecule has 12 heterocycles. The molecule has 4 nitrogen and oxygen atoms in total. The number of rotatable bonds is 4. The molecule has 656 valence electrons. The second kappa shape index (κ2) is 29.7. The van der Waals surface area contributed by atoms with Gasteiger partial charge in [0.15, 0.2) is 0 Å². The summed E-state index contributed by atoms with van der Waals surface area (Å²) in [5, 5.41) is 10.7. The average molecular weight is 1780 g/mol. The molecule has 0 atom stereocenters. The van der Waals surface area contributed by atoms with Crippen LogP contribution in [0.25, 0.3) is 154 Å². The van der Waals surface area contributed by atoms with E-state index in [1.165, 1.54) is 265 Å². The minimum Gasteiger partial charge on any atom is -0.310 e. The summed E-state index contributed by atoms with van der Waals surface area (Å²) in [5.74, 6) is 0. The topological polar surface area (TPSA) is 19.7 Å². The maximum atomic E-state index is 2.53. The van der Waals surface area contributed by atoms with E-state index >= 15 is 0 Å². The number of fused-ring (bicyclic) bond motifs is 28. The number of hydrogen-bond acceptors (Lipinski definition) is 0. The highest BCUT2D eigenvalue weighted by Crippen LogP contribution is 2.49. The first-order valence-electron chi connectivity index (χ1n) is 50.0. The molecule has 0 amide bonds. The zero-order valence-electron chi connectivity index (χ0n) is 79.7. The Hall–Kier alpha value is -16.1. The first kappa shape index (κ1) is 81.1. The molecule has 0 bridgehead atoms. The van der Waals surface area contributed by atoms with Crippen LogP contribution in [0.1, 0.15) is 99.9 Å². The van der Waals surface area contributed by atoms with Crippen LogP contribution in [-0.4, -0.2) is 45.1 Å². The summed E-state index contributed by atoms with van der Waals surface area (Å²) in [6.45, 7) is 20.1. The second-order valence-electron chi connectivity index (χ2n) is 42.2. The van der Waals surface area contributed by atoms with E-state index in [1.54, 1.807) is 0 Å². The SMILES string of the molecule is CC1(C)c2cc(-c3ccccc3)ccc2B2c3c(cccc31)-n1c3ccccc3c3cccc2c31.CC1(C)c2ccc(-c3ccccc3)cc2B2c3c(cccc31)-n1c3ccccc3c3cccc2c31.CC1(C)c2cccc(-c3ccccc3)c2B2c3c(cccc31)-n1c3ccccc3c3cccc2c31.CC1(C)c2cccc3c2B(c2cccc(-c4ccccc4)c21)c1cccc2c4ccccc4n-3c12. The highest BCUT2D eigenvalue weighted by atomic mass is 15.0. The maximum absolute atomic E-state index is 2.53. The molecule has 32 rings (SSSR count). The molecule has 8 aliphatic heterocycles. The third-order valence-electron chi connectivity index (χ3n) is 33.9. The summed E-state index contributed by atoms with van der Waals surface area (Å²) in [6.07, 6.45) is 0. The lowest BCUT2D eigenvalue weighted by atomic mass is 9.29. The number of para-hydroxylation sites is 8. The minimum absolute atomic E-state index is 0.0687. The average Bonchev–Trinajstić information content (AvgIpc) is 1.34. The molecule has 0 radical (unpaired) electrons. The number of benzene rings is 20. The summed E-state index contributed by atoms with van der Waals surface area (Å²) in [4.78, 5) is 0. The van der Waals surface area contributed by atoms with Crippen LogP contribution in [0.2, 0.25) is 0 Å². The van der Waals surface area contributed by atoms with E-state index in [4.69, 9.17) is 0 Å². The number of nitrogens with zero attached hydrogens (tertiary/aromatic N) is 4. The summed E-state index contributed by atoms with van der Waals surface area (Å²) < 4.78 is 10.1. The molecule has 0 saturated carbocycles. The molecule has 0 aliphatic carbocycles. The highest BCUT2D eigenvalue weighted by molar-refractivity contribution is 7.01. The van der Waals surface area contributed by atoms with Gasteiger partial charge in [-0.05, 0) is 181 Å². The molecule has 0 unspecified atom stereocenters. The highest BCUT2D eigenvalue weighted by Gasteiger charge is 2.51. The van der Waals surface area contributed by atoms with Gasteiger partial charge in [0.25, 0.3) is 0 Å². The summed E-state index contributed by atoms with van der Waals surface area (Å²) in [6, 6.07) is 162. The predicted octanol–water partition coefficient (Wildman–Crippen LogP) is 23.7. The normalized spacial score (nSPS) is 14.7. The van der Waals surface area contributed by atoms with Gasteiger partial charge in [0.2, 0.25) is 26.9 Å². The van der Waals surface area contributed by atoms with Gasteiger partial charge < -0.3 is 18.3 Å². The molecule has 4 aromatic heterocycles. The monoisotopic (exact) mass is 1780 g/mol. The molecule has 140 heavy (non-hydrogen) atoms. The summed E-state index contributed by atoms with van der Waals surface area (Å²) in [5.41, 5.74) is 54.9. The van der Waals surface area contributed by atoms with Gasteiger partial charge in [-0.1, -0.05) is 465 Å². The summed E-state index contributed by atoms with van der Waals surface area (Å²) in [7, 11) is 0. The Balaban J connectivity index is 0.0000000896. The smallest absolute Gasteiger partial charge is 0.248 e. The van der Waals surface area contributed by atoms with E-state index < -0.39 is 0 Å². The molecule has 0 saturated heterocycles. The first-order chi connectivity index (χ1) is 68.6. The predicted molar refractivity (Wildman–Crippen MR) is 598 cm³/mol. The van der Waals surface area contributed by atoms with Gasteiger partial charge in [-0.25, -0.2) is 0 Å². The van der Waals surface area contributed by atoms with Gasteiger partial charge in [-0.2, -0.15) is 0 Å². The van der Waals surface area contributed by atoms with E-state index in [0.717, 1.165) is 0 Å². The third kappa shape index (κ3) is 11.0. The Morgan fingerprint density at radius 2 is 0.450 bits per heavy atom. The van der Waals surface area contributed by atoms with Crippen molar-refractivity contribution in [1.29, 1.82) is 0 Å². The van der Waals surface area contributed by atoms with Crippen molar-refractivity contribution in [3.8, 4) is 67.3 Å². The van der Waals surface area contributed by atoms with Crippen LogP contribution in [0, 0.1) is 0 Å². The fraction of sp³-hybridized carbons (Fsp3) is 0.0909. The zero-order chi connectivity index (χ0) is 93.2. The Bertz CT molecular complexity index is 9310. The lowest BCUT2D eigenvalue weighted by Gasteiger charge is -2.43. The van der Waals surface area contributed by atoms with Crippen molar-refractivity contribution in [2.45, 2.75) is 77.0 Å². The van der Waals surface area contributed by atoms with Crippen molar-refractivity contribution in [3.63, 3.8) is 0 Å². The van der Waals surface area contributed by atoms with Crippen LogP contribution >= 0.6 is 0 Å².